The summed E-state index contributed by atoms with van der Waals surface area (Å²) in [5, 5.41) is 10.5. The summed E-state index contributed by atoms with van der Waals surface area (Å²) in [5.74, 6) is -0.309. The number of piperazine rings is 1. The molecule has 1 N–H and O–H groups in total. The fourth-order valence-corrected chi connectivity index (χ4v) is 4.01. The summed E-state index contributed by atoms with van der Waals surface area (Å²) in [7, 11) is 2.14. The average molecular weight is 346 g/mol. The molecule has 0 saturated carbocycles. The minimum atomic E-state index is -0.318. The molecule has 136 valence electrons. The van der Waals surface area contributed by atoms with Crippen LogP contribution in [-0.4, -0.2) is 89.4 Å². The SMILES string of the molecule is CN1CCN([C@@H]2CN(CCn3c(=O)oc4ccccc43)C[C@H]2O)CC1. The first kappa shape index (κ1) is 16.8. The van der Waals surface area contributed by atoms with Crippen molar-refractivity contribution in [2.45, 2.75) is 18.7 Å². The van der Waals surface area contributed by atoms with Gasteiger partial charge >= 0.3 is 5.76 Å². The molecule has 2 aromatic rings. The number of hydrogen-bond donors (Lipinski definition) is 1. The van der Waals surface area contributed by atoms with Crippen molar-refractivity contribution < 1.29 is 9.52 Å². The highest BCUT2D eigenvalue weighted by Crippen LogP contribution is 2.18. The van der Waals surface area contributed by atoms with Gasteiger partial charge in [-0.05, 0) is 19.2 Å². The summed E-state index contributed by atoms with van der Waals surface area (Å²) in [4.78, 5) is 19.0. The molecule has 2 aliphatic heterocycles. The number of fused-ring (bicyclic) bond motifs is 1. The highest BCUT2D eigenvalue weighted by molar-refractivity contribution is 5.72. The Morgan fingerprint density at radius 3 is 2.68 bits per heavy atom. The van der Waals surface area contributed by atoms with E-state index in [2.05, 4.69) is 21.7 Å². The maximum absolute atomic E-state index is 12.1. The summed E-state index contributed by atoms with van der Waals surface area (Å²) in [5.41, 5.74) is 1.46. The lowest BCUT2D eigenvalue weighted by Crippen LogP contribution is -2.52. The zero-order valence-electron chi connectivity index (χ0n) is 14.7. The molecule has 0 aliphatic carbocycles. The zero-order chi connectivity index (χ0) is 17.4. The predicted molar refractivity (Wildman–Crippen MR) is 95.8 cm³/mol. The van der Waals surface area contributed by atoms with Crippen LogP contribution in [0.15, 0.2) is 33.5 Å². The smallest absolute Gasteiger partial charge is 0.408 e. The lowest BCUT2D eigenvalue weighted by atomic mass is 10.1. The van der Waals surface area contributed by atoms with Crippen LogP contribution in [0.25, 0.3) is 11.1 Å². The first-order valence-electron chi connectivity index (χ1n) is 9.03. The fraction of sp³-hybridized carbons (Fsp3) is 0.611. The summed E-state index contributed by atoms with van der Waals surface area (Å²) < 4.78 is 6.97. The number of benzene rings is 1. The molecular weight excluding hydrogens is 320 g/mol. The highest BCUT2D eigenvalue weighted by atomic mass is 16.4. The maximum Gasteiger partial charge on any atom is 0.419 e. The van der Waals surface area contributed by atoms with Gasteiger partial charge in [0.1, 0.15) is 0 Å². The molecule has 2 atom stereocenters. The highest BCUT2D eigenvalue weighted by Gasteiger charge is 2.36. The van der Waals surface area contributed by atoms with Crippen molar-refractivity contribution in [2.24, 2.45) is 0 Å². The van der Waals surface area contributed by atoms with E-state index in [1.807, 2.05) is 24.3 Å². The van der Waals surface area contributed by atoms with Crippen molar-refractivity contribution in [3.63, 3.8) is 0 Å². The predicted octanol–water partition coefficient (Wildman–Crippen LogP) is -0.113. The molecule has 2 aliphatic rings. The molecule has 7 nitrogen and oxygen atoms in total. The van der Waals surface area contributed by atoms with E-state index in [4.69, 9.17) is 4.42 Å². The van der Waals surface area contributed by atoms with Crippen molar-refractivity contribution in [3.05, 3.63) is 34.8 Å². The van der Waals surface area contributed by atoms with Gasteiger partial charge in [0.2, 0.25) is 0 Å². The molecule has 2 saturated heterocycles. The molecule has 3 heterocycles. The van der Waals surface area contributed by atoms with Crippen LogP contribution in [0.2, 0.25) is 0 Å². The molecule has 4 rings (SSSR count). The van der Waals surface area contributed by atoms with Gasteiger partial charge in [0.25, 0.3) is 0 Å². The zero-order valence-corrected chi connectivity index (χ0v) is 14.7. The average Bonchev–Trinajstić information content (AvgIpc) is 3.13. The van der Waals surface area contributed by atoms with Gasteiger partial charge in [0, 0.05) is 58.4 Å². The maximum atomic E-state index is 12.1. The van der Waals surface area contributed by atoms with E-state index in [0.29, 0.717) is 18.7 Å². The van der Waals surface area contributed by atoms with Crippen LogP contribution in [0.5, 0.6) is 0 Å². The van der Waals surface area contributed by atoms with Crippen LogP contribution < -0.4 is 5.76 Å². The summed E-state index contributed by atoms with van der Waals surface area (Å²) in [6.07, 6.45) is -0.318. The lowest BCUT2D eigenvalue weighted by molar-refractivity contribution is 0.0512. The molecule has 0 amide bonds. The van der Waals surface area contributed by atoms with Crippen molar-refractivity contribution in [2.75, 3.05) is 52.9 Å². The summed E-state index contributed by atoms with van der Waals surface area (Å²) >= 11 is 0. The molecular formula is C18H26N4O3. The number of hydrogen-bond acceptors (Lipinski definition) is 6. The molecule has 0 radical (unpaired) electrons. The Morgan fingerprint density at radius 2 is 1.88 bits per heavy atom. The second-order valence-corrected chi connectivity index (χ2v) is 7.22. The quantitative estimate of drug-likeness (QED) is 0.833. The molecule has 1 aromatic heterocycles. The van der Waals surface area contributed by atoms with Crippen LogP contribution in [0, 0.1) is 0 Å². The molecule has 0 bridgehead atoms. The third-order valence-electron chi connectivity index (χ3n) is 5.56. The van der Waals surface area contributed by atoms with Gasteiger partial charge in [0.05, 0.1) is 11.6 Å². The number of aliphatic hydroxyl groups is 1. The van der Waals surface area contributed by atoms with Crippen LogP contribution >= 0.6 is 0 Å². The van der Waals surface area contributed by atoms with Gasteiger partial charge in [-0.3, -0.25) is 14.4 Å². The van der Waals surface area contributed by atoms with Crippen molar-refractivity contribution >= 4 is 11.1 Å². The molecule has 0 unspecified atom stereocenters. The van der Waals surface area contributed by atoms with Crippen LogP contribution in [-0.2, 0) is 6.54 Å². The van der Waals surface area contributed by atoms with Crippen molar-refractivity contribution in [3.8, 4) is 0 Å². The number of rotatable bonds is 4. The number of oxazole rings is 1. The number of aliphatic hydroxyl groups excluding tert-OH is 1. The molecule has 1 aromatic carbocycles. The lowest BCUT2D eigenvalue weighted by Gasteiger charge is -2.37. The monoisotopic (exact) mass is 346 g/mol. The van der Waals surface area contributed by atoms with E-state index in [9.17, 15) is 9.90 Å². The fourth-order valence-electron chi connectivity index (χ4n) is 4.01. The van der Waals surface area contributed by atoms with Gasteiger partial charge in [-0.15, -0.1) is 0 Å². The Balaban J connectivity index is 1.39. The number of para-hydroxylation sites is 2. The third kappa shape index (κ3) is 3.37. The van der Waals surface area contributed by atoms with Gasteiger partial charge in [-0.1, -0.05) is 12.1 Å². The van der Waals surface area contributed by atoms with Gasteiger partial charge in [0.15, 0.2) is 5.58 Å². The Labute approximate surface area is 147 Å². The summed E-state index contributed by atoms with van der Waals surface area (Å²) in [6, 6.07) is 7.71. The first-order valence-corrected chi connectivity index (χ1v) is 9.03. The Bertz CT molecular complexity index is 778. The number of β-amino-alcohol motifs (C(OH)–C–C–N with tert-alkyl or cyclic N) is 1. The van der Waals surface area contributed by atoms with Crippen molar-refractivity contribution in [1.29, 1.82) is 0 Å². The normalized spacial score (nSPS) is 26.6. The van der Waals surface area contributed by atoms with E-state index in [0.717, 1.165) is 44.8 Å². The number of aromatic nitrogens is 1. The summed E-state index contributed by atoms with van der Waals surface area (Å²) in [6.45, 7) is 6.98. The molecule has 0 spiro atoms. The standard InChI is InChI=1S/C18H26N4O3/c1-19-6-9-21(10-7-19)15-12-20(13-16(15)23)8-11-22-14-4-2-3-5-17(14)25-18(22)24/h2-5,15-16,23H,6-13H2,1H3/t15-,16-/m1/s1. The topological polar surface area (TPSA) is 65.1 Å². The van der Waals surface area contributed by atoms with Crippen molar-refractivity contribution in [1.82, 2.24) is 19.3 Å². The van der Waals surface area contributed by atoms with Gasteiger partial charge in [-0.25, -0.2) is 4.79 Å². The van der Waals surface area contributed by atoms with Gasteiger partial charge in [-0.2, -0.15) is 0 Å². The Kier molecular flexibility index (Phi) is 4.64. The molecule has 2 fully saturated rings. The number of likely N-dealkylation sites (tertiary alicyclic amines) is 1. The van der Waals surface area contributed by atoms with E-state index in [1.165, 1.54) is 0 Å². The first-order chi connectivity index (χ1) is 12.1. The minimum Gasteiger partial charge on any atom is -0.408 e. The molecule has 25 heavy (non-hydrogen) atoms. The van der Waals surface area contributed by atoms with E-state index >= 15 is 0 Å². The number of likely N-dealkylation sites (N-methyl/N-ethyl adjacent to an activating group) is 1. The van der Waals surface area contributed by atoms with E-state index in [1.54, 1.807) is 4.57 Å². The van der Waals surface area contributed by atoms with Crippen LogP contribution in [0.4, 0.5) is 0 Å². The Morgan fingerprint density at radius 1 is 1.12 bits per heavy atom. The third-order valence-corrected chi connectivity index (χ3v) is 5.56. The van der Waals surface area contributed by atoms with E-state index in [-0.39, 0.29) is 17.9 Å². The van der Waals surface area contributed by atoms with E-state index < -0.39 is 0 Å². The second-order valence-electron chi connectivity index (χ2n) is 7.22. The minimum absolute atomic E-state index is 0.200. The van der Waals surface area contributed by atoms with Crippen LogP contribution in [0.3, 0.4) is 0 Å². The largest absolute Gasteiger partial charge is 0.419 e. The second kappa shape index (κ2) is 6.92. The Hall–Kier alpha value is -1.67. The van der Waals surface area contributed by atoms with Gasteiger partial charge < -0.3 is 14.4 Å². The van der Waals surface area contributed by atoms with Crippen LogP contribution in [0.1, 0.15) is 0 Å². The molecule has 7 heteroatoms. The number of nitrogens with zero attached hydrogens (tertiary/aromatic N) is 4.